The van der Waals surface area contributed by atoms with E-state index < -0.39 is 0 Å². The Morgan fingerprint density at radius 1 is 0.704 bits per heavy atom. The van der Waals surface area contributed by atoms with Crippen LogP contribution in [0, 0.1) is 10.8 Å². The van der Waals surface area contributed by atoms with Crippen LogP contribution in [0.25, 0.3) is 0 Å². The van der Waals surface area contributed by atoms with Crippen LogP contribution >= 0.6 is 0 Å². The Labute approximate surface area is 166 Å². The van der Waals surface area contributed by atoms with E-state index in [1.807, 2.05) is 20.8 Å². The number of ether oxygens (including phenoxy) is 4. The van der Waals surface area contributed by atoms with E-state index in [0.29, 0.717) is 58.2 Å². The van der Waals surface area contributed by atoms with E-state index in [2.05, 4.69) is 20.8 Å². The first-order valence-electron chi connectivity index (χ1n) is 10.1. The fourth-order valence-electron chi connectivity index (χ4n) is 2.34. The molecule has 0 radical (unpaired) electrons. The van der Waals surface area contributed by atoms with Crippen LogP contribution in [-0.4, -0.2) is 77.3 Å². The number of carbonyl (C=O) groups is 1. The van der Waals surface area contributed by atoms with E-state index >= 15 is 0 Å². The van der Waals surface area contributed by atoms with Crippen LogP contribution in [0.2, 0.25) is 0 Å². The highest BCUT2D eigenvalue weighted by molar-refractivity contribution is 5.81. The summed E-state index contributed by atoms with van der Waals surface area (Å²) in [5.74, 6) is 0.123. The Hall–Kier alpha value is -0.690. The van der Waals surface area contributed by atoms with Crippen LogP contribution in [0.15, 0.2) is 0 Å². The van der Waals surface area contributed by atoms with E-state index in [4.69, 9.17) is 18.9 Å². The minimum absolute atomic E-state index is 0.123. The molecule has 0 aliphatic carbocycles. The average molecular weight is 390 g/mol. The van der Waals surface area contributed by atoms with Gasteiger partial charge in [-0.2, -0.15) is 0 Å². The highest BCUT2D eigenvalue weighted by Gasteiger charge is 2.24. The zero-order valence-electron chi connectivity index (χ0n) is 18.8. The SMILES string of the molecule is CN(CCOCCOCCOCCOCCCC(C)(C)C)C(=O)C(C)(C)C. The largest absolute Gasteiger partial charge is 0.379 e. The fourth-order valence-corrected chi connectivity index (χ4v) is 2.34. The van der Waals surface area contributed by atoms with Crippen molar-refractivity contribution in [2.75, 3.05) is 66.4 Å². The van der Waals surface area contributed by atoms with Crippen LogP contribution in [0.3, 0.4) is 0 Å². The second-order valence-corrected chi connectivity index (χ2v) is 9.09. The van der Waals surface area contributed by atoms with Gasteiger partial charge < -0.3 is 23.8 Å². The van der Waals surface area contributed by atoms with Gasteiger partial charge in [0.2, 0.25) is 5.91 Å². The number of hydrogen-bond donors (Lipinski definition) is 0. The summed E-state index contributed by atoms with van der Waals surface area (Å²) in [6.07, 6.45) is 2.26. The van der Waals surface area contributed by atoms with Crippen molar-refractivity contribution in [3.05, 3.63) is 0 Å². The van der Waals surface area contributed by atoms with Crippen molar-refractivity contribution in [1.82, 2.24) is 4.90 Å². The molecule has 0 aliphatic rings. The van der Waals surface area contributed by atoms with Gasteiger partial charge >= 0.3 is 0 Å². The van der Waals surface area contributed by atoms with Crippen LogP contribution < -0.4 is 0 Å². The number of rotatable bonds is 15. The summed E-state index contributed by atoms with van der Waals surface area (Å²) in [5.41, 5.74) is 0.0238. The van der Waals surface area contributed by atoms with E-state index in [1.165, 1.54) is 6.42 Å². The zero-order chi connectivity index (χ0) is 20.8. The second-order valence-electron chi connectivity index (χ2n) is 9.09. The Balaban J connectivity index is 3.29. The Bertz CT molecular complexity index is 374. The third-order valence-corrected chi connectivity index (χ3v) is 3.89. The molecule has 0 unspecified atom stereocenters. The highest BCUT2D eigenvalue weighted by atomic mass is 16.6. The molecule has 0 N–H and O–H groups in total. The molecule has 0 aliphatic heterocycles. The predicted octanol–water partition coefficient (Wildman–Crippen LogP) is 3.38. The minimum Gasteiger partial charge on any atom is -0.379 e. The molecule has 0 spiro atoms. The minimum atomic E-state index is -0.352. The van der Waals surface area contributed by atoms with Crippen LogP contribution in [-0.2, 0) is 23.7 Å². The molecule has 1 amide bonds. The van der Waals surface area contributed by atoms with E-state index in [1.54, 1.807) is 11.9 Å². The molecule has 0 heterocycles. The van der Waals surface area contributed by atoms with Crippen molar-refractivity contribution < 1.29 is 23.7 Å². The first-order chi connectivity index (χ1) is 12.5. The van der Waals surface area contributed by atoms with E-state index in [0.717, 1.165) is 13.0 Å². The van der Waals surface area contributed by atoms with Crippen molar-refractivity contribution >= 4 is 5.91 Å². The van der Waals surface area contributed by atoms with Crippen LogP contribution in [0.4, 0.5) is 0 Å². The van der Waals surface area contributed by atoms with Gasteiger partial charge in [0.1, 0.15) is 0 Å². The van der Waals surface area contributed by atoms with Crippen molar-refractivity contribution in [2.24, 2.45) is 10.8 Å². The first-order valence-corrected chi connectivity index (χ1v) is 10.1. The molecule has 162 valence electrons. The lowest BCUT2D eigenvalue weighted by atomic mass is 9.91. The number of hydrogen-bond acceptors (Lipinski definition) is 5. The van der Waals surface area contributed by atoms with Crippen LogP contribution in [0.5, 0.6) is 0 Å². The Morgan fingerprint density at radius 3 is 1.52 bits per heavy atom. The quantitative estimate of drug-likeness (QED) is 0.402. The molecule has 0 rings (SSSR count). The smallest absolute Gasteiger partial charge is 0.227 e. The van der Waals surface area contributed by atoms with Gasteiger partial charge in [-0.1, -0.05) is 41.5 Å². The van der Waals surface area contributed by atoms with Gasteiger partial charge in [-0.3, -0.25) is 4.79 Å². The molecule has 0 saturated heterocycles. The maximum atomic E-state index is 12.0. The molecule has 0 aromatic carbocycles. The summed E-state index contributed by atoms with van der Waals surface area (Å²) in [6.45, 7) is 17.8. The first kappa shape index (κ1) is 26.3. The number of amides is 1. The monoisotopic (exact) mass is 389 g/mol. The van der Waals surface area contributed by atoms with Crippen molar-refractivity contribution in [2.45, 2.75) is 54.4 Å². The van der Waals surface area contributed by atoms with Gasteiger partial charge in [0.15, 0.2) is 0 Å². The summed E-state index contributed by atoms with van der Waals surface area (Å²) in [6, 6.07) is 0. The molecule has 6 nitrogen and oxygen atoms in total. The van der Waals surface area contributed by atoms with Gasteiger partial charge in [-0.15, -0.1) is 0 Å². The lowest BCUT2D eigenvalue weighted by Crippen LogP contribution is -2.38. The molecule has 0 saturated carbocycles. The van der Waals surface area contributed by atoms with Gasteiger partial charge in [-0.25, -0.2) is 0 Å². The van der Waals surface area contributed by atoms with Gasteiger partial charge in [0.05, 0.1) is 46.2 Å². The maximum Gasteiger partial charge on any atom is 0.227 e. The third kappa shape index (κ3) is 17.2. The molecule has 0 atom stereocenters. The van der Waals surface area contributed by atoms with E-state index in [-0.39, 0.29) is 11.3 Å². The predicted molar refractivity (Wildman–Crippen MR) is 109 cm³/mol. The lowest BCUT2D eigenvalue weighted by molar-refractivity contribution is -0.138. The maximum absolute atomic E-state index is 12.0. The molecule has 0 aromatic heterocycles. The van der Waals surface area contributed by atoms with Gasteiger partial charge in [-0.05, 0) is 18.3 Å². The van der Waals surface area contributed by atoms with Crippen molar-refractivity contribution in [1.29, 1.82) is 0 Å². The number of nitrogens with zero attached hydrogens (tertiary/aromatic N) is 1. The molecule has 27 heavy (non-hydrogen) atoms. The molecule has 0 fully saturated rings. The van der Waals surface area contributed by atoms with Crippen molar-refractivity contribution in [3.63, 3.8) is 0 Å². The number of likely N-dealkylation sites (N-methyl/N-ethyl adjacent to an activating group) is 1. The molecular formula is C21H43NO5. The van der Waals surface area contributed by atoms with Gasteiger partial charge in [0, 0.05) is 25.6 Å². The molecule has 6 heteroatoms. The third-order valence-electron chi connectivity index (χ3n) is 3.89. The number of carbonyl (C=O) groups excluding carboxylic acids is 1. The summed E-state index contributed by atoms with van der Waals surface area (Å²) in [7, 11) is 1.80. The summed E-state index contributed by atoms with van der Waals surface area (Å²) in [4.78, 5) is 13.7. The molecule has 0 aromatic rings. The zero-order valence-corrected chi connectivity index (χ0v) is 18.8. The Morgan fingerprint density at radius 2 is 1.11 bits per heavy atom. The topological polar surface area (TPSA) is 57.2 Å². The van der Waals surface area contributed by atoms with E-state index in [9.17, 15) is 4.79 Å². The summed E-state index contributed by atoms with van der Waals surface area (Å²) >= 11 is 0. The van der Waals surface area contributed by atoms with Gasteiger partial charge in [0.25, 0.3) is 0 Å². The lowest BCUT2D eigenvalue weighted by Gasteiger charge is -2.25. The van der Waals surface area contributed by atoms with Crippen LogP contribution in [0.1, 0.15) is 54.4 Å². The Kier molecular flexibility index (Phi) is 14.0. The normalized spacial score (nSPS) is 12.4. The fraction of sp³-hybridized carbons (Fsp3) is 0.952. The standard InChI is InChI=1S/C21H43NO5/c1-20(2,3)9-8-11-24-13-15-26-17-18-27-16-14-25-12-10-22(7)19(23)21(4,5)6/h8-18H2,1-7H3. The summed E-state index contributed by atoms with van der Waals surface area (Å²) < 4.78 is 22.0. The summed E-state index contributed by atoms with van der Waals surface area (Å²) in [5, 5.41) is 0. The average Bonchev–Trinajstić information content (AvgIpc) is 2.55. The molecular weight excluding hydrogens is 346 g/mol. The van der Waals surface area contributed by atoms with Crippen molar-refractivity contribution in [3.8, 4) is 0 Å². The highest BCUT2D eigenvalue weighted by Crippen LogP contribution is 2.20. The second kappa shape index (κ2) is 14.3. The molecule has 0 bridgehead atoms.